The average Bonchev–Trinajstić information content (AvgIpc) is 2.20. The summed E-state index contributed by atoms with van der Waals surface area (Å²) in [5.41, 5.74) is 2.00. The summed E-state index contributed by atoms with van der Waals surface area (Å²) in [5.74, 6) is 0.235. The fourth-order valence-corrected chi connectivity index (χ4v) is 2.26. The summed E-state index contributed by atoms with van der Waals surface area (Å²) in [4.78, 5) is 18.0. The van der Waals surface area contributed by atoms with Crippen molar-refractivity contribution in [2.45, 2.75) is 33.1 Å². The maximum Gasteiger partial charge on any atom is 0.524 e. The molecule has 0 saturated heterocycles. The number of hydrogen-bond acceptors (Lipinski definition) is 2. The van der Waals surface area contributed by atoms with Gasteiger partial charge >= 0.3 is 7.82 Å². The van der Waals surface area contributed by atoms with Crippen LogP contribution in [-0.2, 0) is 9.98 Å². The lowest BCUT2D eigenvalue weighted by Crippen LogP contribution is -2.15. The molecular formula is C13H19O4P. The smallest absolute Gasteiger partial charge is 0.404 e. The van der Waals surface area contributed by atoms with Gasteiger partial charge in [0.1, 0.15) is 5.75 Å². The Morgan fingerprint density at radius 3 is 2.33 bits per heavy atom. The number of phosphoric ester groups is 1. The third-order valence-corrected chi connectivity index (χ3v) is 3.25. The standard InChI is InChI=1S/C13H19O4P/c1-6-13(4,5)11-8-9(2)7-10(3)12(11)17-18(14,15)16/h6-8H,1H2,2-5H3,(H2,14,15,16). The van der Waals surface area contributed by atoms with E-state index in [1.165, 1.54) is 0 Å². The first-order valence-corrected chi connectivity index (χ1v) is 7.10. The molecule has 0 aromatic heterocycles. The topological polar surface area (TPSA) is 66.8 Å². The number of phosphoric acid groups is 1. The minimum absolute atomic E-state index is 0.235. The van der Waals surface area contributed by atoms with E-state index in [2.05, 4.69) is 6.58 Å². The zero-order chi connectivity index (χ0) is 14.1. The summed E-state index contributed by atoms with van der Waals surface area (Å²) in [6, 6.07) is 3.69. The molecule has 0 saturated carbocycles. The monoisotopic (exact) mass is 270 g/mol. The third-order valence-electron chi connectivity index (χ3n) is 2.83. The molecule has 0 aliphatic rings. The molecule has 2 N–H and O–H groups in total. The lowest BCUT2D eigenvalue weighted by molar-refractivity contribution is 0.280. The molecule has 0 fully saturated rings. The summed E-state index contributed by atoms with van der Waals surface area (Å²) >= 11 is 0. The molecule has 1 aromatic carbocycles. The normalized spacial score (nSPS) is 12.3. The minimum Gasteiger partial charge on any atom is -0.404 e. The van der Waals surface area contributed by atoms with Crippen LogP contribution in [0.5, 0.6) is 5.75 Å². The highest BCUT2D eigenvalue weighted by molar-refractivity contribution is 7.46. The van der Waals surface area contributed by atoms with Crippen LogP contribution in [0.1, 0.15) is 30.5 Å². The van der Waals surface area contributed by atoms with Gasteiger partial charge in [0.15, 0.2) is 0 Å². The molecule has 0 atom stereocenters. The van der Waals surface area contributed by atoms with Gasteiger partial charge in [-0.3, -0.25) is 9.79 Å². The minimum atomic E-state index is -4.57. The van der Waals surface area contributed by atoms with Crippen LogP contribution < -0.4 is 4.52 Å². The van der Waals surface area contributed by atoms with E-state index >= 15 is 0 Å². The lowest BCUT2D eigenvalue weighted by Gasteiger charge is -2.25. The molecule has 0 bridgehead atoms. The van der Waals surface area contributed by atoms with Crippen molar-refractivity contribution in [2.75, 3.05) is 0 Å². The number of rotatable bonds is 4. The fraction of sp³-hybridized carbons (Fsp3) is 0.385. The van der Waals surface area contributed by atoms with E-state index in [0.29, 0.717) is 5.56 Å². The molecule has 0 aliphatic heterocycles. The molecule has 0 spiro atoms. The van der Waals surface area contributed by atoms with E-state index in [0.717, 1.165) is 11.1 Å². The predicted octanol–water partition coefficient (Wildman–Crippen LogP) is 3.24. The van der Waals surface area contributed by atoms with Crippen LogP contribution in [-0.4, -0.2) is 9.79 Å². The van der Waals surface area contributed by atoms with Gasteiger partial charge in [-0.25, -0.2) is 4.57 Å². The summed E-state index contributed by atoms with van der Waals surface area (Å²) in [5, 5.41) is 0. The zero-order valence-electron chi connectivity index (χ0n) is 11.1. The summed E-state index contributed by atoms with van der Waals surface area (Å²) in [6.07, 6.45) is 1.73. The van der Waals surface area contributed by atoms with Crippen LogP contribution in [0.15, 0.2) is 24.8 Å². The summed E-state index contributed by atoms with van der Waals surface area (Å²) in [7, 11) is -4.57. The molecule has 100 valence electrons. The van der Waals surface area contributed by atoms with Crippen LogP contribution in [0.2, 0.25) is 0 Å². The Balaban J connectivity index is 3.48. The Hall–Kier alpha value is -1.09. The maximum atomic E-state index is 11.1. The van der Waals surface area contributed by atoms with Gasteiger partial charge in [-0.05, 0) is 19.4 Å². The van der Waals surface area contributed by atoms with Crippen LogP contribution >= 0.6 is 7.82 Å². The molecule has 18 heavy (non-hydrogen) atoms. The van der Waals surface area contributed by atoms with E-state index in [1.807, 2.05) is 32.9 Å². The lowest BCUT2D eigenvalue weighted by atomic mass is 9.82. The van der Waals surface area contributed by atoms with Crippen LogP contribution in [0, 0.1) is 13.8 Å². The van der Waals surface area contributed by atoms with Crippen molar-refractivity contribution in [3.63, 3.8) is 0 Å². The van der Waals surface area contributed by atoms with Crippen molar-refractivity contribution < 1.29 is 18.9 Å². The Morgan fingerprint density at radius 2 is 1.89 bits per heavy atom. The largest absolute Gasteiger partial charge is 0.524 e. The highest BCUT2D eigenvalue weighted by Crippen LogP contribution is 2.44. The van der Waals surface area contributed by atoms with Gasteiger partial charge in [-0.1, -0.05) is 37.6 Å². The van der Waals surface area contributed by atoms with Crippen molar-refractivity contribution in [3.05, 3.63) is 41.5 Å². The Kier molecular flexibility index (Phi) is 4.06. The van der Waals surface area contributed by atoms with Crippen molar-refractivity contribution in [3.8, 4) is 5.75 Å². The van der Waals surface area contributed by atoms with E-state index < -0.39 is 13.2 Å². The van der Waals surface area contributed by atoms with Crippen molar-refractivity contribution >= 4 is 7.82 Å². The second kappa shape index (κ2) is 4.88. The third kappa shape index (κ3) is 3.45. The van der Waals surface area contributed by atoms with Gasteiger partial charge in [0.05, 0.1) is 0 Å². The SMILES string of the molecule is C=CC(C)(C)c1cc(C)cc(C)c1OP(=O)(O)O. The second-order valence-electron chi connectivity index (χ2n) is 4.97. The highest BCUT2D eigenvalue weighted by Gasteiger charge is 2.27. The van der Waals surface area contributed by atoms with Gasteiger partial charge in [0, 0.05) is 11.0 Å². The van der Waals surface area contributed by atoms with Crippen molar-refractivity contribution in [2.24, 2.45) is 0 Å². The fourth-order valence-electron chi connectivity index (χ4n) is 1.78. The average molecular weight is 270 g/mol. The molecule has 0 heterocycles. The van der Waals surface area contributed by atoms with Crippen LogP contribution in [0.25, 0.3) is 0 Å². The van der Waals surface area contributed by atoms with E-state index in [9.17, 15) is 4.57 Å². The molecule has 5 heteroatoms. The molecule has 1 aromatic rings. The van der Waals surface area contributed by atoms with Crippen molar-refractivity contribution in [1.29, 1.82) is 0 Å². The number of benzene rings is 1. The first kappa shape index (κ1) is 15.0. The zero-order valence-corrected chi connectivity index (χ0v) is 12.0. The van der Waals surface area contributed by atoms with E-state index in [1.54, 1.807) is 13.0 Å². The Bertz CT molecular complexity index is 514. The molecule has 1 rings (SSSR count). The summed E-state index contributed by atoms with van der Waals surface area (Å²) < 4.78 is 15.9. The van der Waals surface area contributed by atoms with Gasteiger partial charge in [0.25, 0.3) is 0 Å². The second-order valence-corrected chi connectivity index (χ2v) is 6.13. The number of hydrogen-bond donors (Lipinski definition) is 2. The molecule has 0 radical (unpaired) electrons. The van der Waals surface area contributed by atoms with E-state index in [4.69, 9.17) is 14.3 Å². The molecule has 4 nitrogen and oxygen atoms in total. The van der Waals surface area contributed by atoms with Crippen LogP contribution in [0.3, 0.4) is 0 Å². The van der Waals surface area contributed by atoms with Gasteiger partial charge in [0.2, 0.25) is 0 Å². The van der Waals surface area contributed by atoms with Crippen LogP contribution in [0.4, 0.5) is 0 Å². The number of allylic oxidation sites excluding steroid dienone is 1. The quantitative estimate of drug-likeness (QED) is 0.651. The summed E-state index contributed by atoms with van der Waals surface area (Å²) in [6.45, 7) is 11.3. The first-order valence-electron chi connectivity index (χ1n) is 5.57. The molecular weight excluding hydrogens is 251 g/mol. The van der Waals surface area contributed by atoms with Gasteiger partial charge in [-0.2, -0.15) is 0 Å². The van der Waals surface area contributed by atoms with Crippen molar-refractivity contribution in [1.82, 2.24) is 0 Å². The maximum absolute atomic E-state index is 11.1. The first-order chi connectivity index (χ1) is 8.07. The number of aryl methyl sites for hydroxylation is 2. The predicted molar refractivity (Wildman–Crippen MR) is 71.8 cm³/mol. The van der Waals surface area contributed by atoms with Gasteiger partial charge < -0.3 is 4.52 Å². The molecule has 0 unspecified atom stereocenters. The Morgan fingerprint density at radius 1 is 1.33 bits per heavy atom. The van der Waals surface area contributed by atoms with E-state index in [-0.39, 0.29) is 5.75 Å². The Labute approximate surface area is 108 Å². The molecule has 0 amide bonds. The molecule has 0 aliphatic carbocycles. The van der Waals surface area contributed by atoms with Gasteiger partial charge in [-0.15, -0.1) is 6.58 Å². The highest BCUT2D eigenvalue weighted by atomic mass is 31.2.